The van der Waals surface area contributed by atoms with E-state index in [1.807, 2.05) is 24.3 Å². The van der Waals surface area contributed by atoms with Crippen LogP contribution in [0.5, 0.6) is 0 Å². The van der Waals surface area contributed by atoms with Crippen LogP contribution in [0.15, 0.2) is 55.1 Å². The van der Waals surface area contributed by atoms with Gasteiger partial charge in [0.05, 0.1) is 36.3 Å². The van der Waals surface area contributed by atoms with Gasteiger partial charge in [0.25, 0.3) is 0 Å². The molecule has 0 spiro atoms. The Morgan fingerprint density at radius 2 is 1.55 bits per heavy atom. The molecule has 9 nitrogen and oxygen atoms in total. The molecule has 0 unspecified atom stereocenters. The van der Waals surface area contributed by atoms with E-state index in [9.17, 15) is 24.4 Å². The lowest BCUT2D eigenvalue weighted by molar-refractivity contribution is -0.179. The molecule has 1 heterocycles. The van der Waals surface area contributed by atoms with Crippen LogP contribution in [0.3, 0.4) is 0 Å². The summed E-state index contributed by atoms with van der Waals surface area (Å²) in [4.78, 5) is 53.8. The Hall–Kier alpha value is -3.70. The highest BCUT2D eigenvalue weighted by Crippen LogP contribution is 2.42. The van der Waals surface area contributed by atoms with Gasteiger partial charge >= 0.3 is 11.9 Å². The lowest BCUT2D eigenvalue weighted by Gasteiger charge is -2.49. The second-order valence-corrected chi connectivity index (χ2v) is 25.4. The smallest absolute Gasteiger partial charge is 0.397 e. The van der Waals surface area contributed by atoms with Crippen molar-refractivity contribution in [2.75, 3.05) is 6.61 Å². The molecule has 0 N–H and O–H groups in total. The fraction of sp³-hybridized carbons (Fsp3) is 0.500. The SMILES string of the molecule is C=CCOC(=O)C(=O)N1C(=O)[C@H]([C@@H](C)O[Si](C)(C)C(C)(C)C)[C@H]1CC(=O)c1cc(C#N)cc(-c2ccc(CO[Si](C)(C)C(C)(C)C)cc2)c1. The third-order valence-electron chi connectivity index (χ3n) is 10.3. The molecule has 2 aromatic rings. The fourth-order valence-electron chi connectivity index (χ4n) is 5.16. The fourth-order valence-corrected chi connectivity index (χ4v) is 7.55. The van der Waals surface area contributed by atoms with Crippen LogP contribution >= 0.6 is 0 Å². The van der Waals surface area contributed by atoms with Crippen molar-refractivity contribution in [1.82, 2.24) is 4.90 Å². The van der Waals surface area contributed by atoms with E-state index in [0.29, 0.717) is 17.7 Å². The zero-order valence-electron chi connectivity index (χ0n) is 30.9. The van der Waals surface area contributed by atoms with Crippen LogP contribution in [0.4, 0.5) is 0 Å². The average Bonchev–Trinajstić information content (AvgIpc) is 3.00. The molecule has 49 heavy (non-hydrogen) atoms. The Balaban J connectivity index is 1.91. The number of β-lactam (4-membered cyclic amide) rings is 1. The number of ketones is 1. The Morgan fingerprint density at radius 1 is 0.959 bits per heavy atom. The van der Waals surface area contributed by atoms with E-state index >= 15 is 0 Å². The van der Waals surface area contributed by atoms with Gasteiger partial charge in [-0.15, -0.1) is 0 Å². The number of nitrogens with zero attached hydrogens (tertiary/aromatic N) is 2. The second-order valence-electron chi connectivity index (χ2n) is 15.9. The molecule has 1 fully saturated rings. The highest BCUT2D eigenvalue weighted by Gasteiger charge is 2.56. The topological polar surface area (TPSA) is 123 Å². The first-order valence-electron chi connectivity index (χ1n) is 16.7. The summed E-state index contributed by atoms with van der Waals surface area (Å²) in [6.07, 6.45) is 0.457. The Labute approximate surface area is 293 Å². The van der Waals surface area contributed by atoms with Gasteiger partial charge < -0.3 is 13.6 Å². The van der Waals surface area contributed by atoms with Crippen molar-refractivity contribution in [2.45, 2.75) is 110 Å². The number of carbonyl (C=O) groups excluding carboxylic acids is 4. The van der Waals surface area contributed by atoms with Crippen molar-refractivity contribution in [3.05, 3.63) is 71.8 Å². The monoisotopic (exact) mass is 704 g/mol. The molecule has 0 bridgehead atoms. The van der Waals surface area contributed by atoms with Crippen molar-refractivity contribution < 1.29 is 32.8 Å². The van der Waals surface area contributed by atoms with Gasteiger partial charge in [0.1, 0.15) is 6.61 Å². The maximum absolute atomic E-state index is 13.9. The quantitative estimate of drug-likeness (QED) is 0.0548. The number of carbonyl (C=O) groups is 4. The van der Waals surface area contributed by atoms with Crippen LogP contribution in [0.2, 0.25) is 36.3 Å². The Bertz CT molecular complexity index is 1630. The van der Waals surface area contributed by atoms with Gasteiger partial charge in [0.15, 0.2) is 22.4 Å². The summed E-state index contributed by atoms with van der Waals surface area (Å²) in [5.74, 6) is -4.13. The molecule has 1 saturated heterocycles. The van der Waals surface area contributed by atoms with Crippen molar-refractivity contribution in [3.63, 3.8) is 0 Å². The van der Waals surface area contributed by atoms with E-state index < -0.39 is 52.5 Å². The van der Waals surface area contributed by atoms with Gasteiger partial charge in [-0.2, -0.15) is 5.26 Å². The second kappa shape index (κ2) is 15.0. The number of ether oxygens (including phenoxy) is 1. The number of Topliss-reactive ketones (excluding diaryl/α,β-unsaturated/α-hetero) is 1. The zero-order chi connectivity index (χ0) is 37.1. The highest BCUT2D eigenvalue weighted by atomic mass is 28.4. The number of imide groups is 1. The third kappa shape index (κ3) is 9.11. The summed E-state index contributed by atoms with van der Waals surface area (Å²) < 4.78 is 17.8. The van der Waals surface area contributed by atoms with Crippen LogP contribution in [-0.4, -0.2) is 63.9 Å². The molecular formula is C38H52N2O7Si2. The predicted octanol–water partition coefficient (Wildman–Crippen LogP) is 7.81. The molecule has 0 saturated carbocycles. The first kappa shape index (κ1) is 39.7. The normalized spacial score (nSPS) is 17.5. The molecule has 0 aliphatic carbocycles. The first-order chi connectivity index (χ1) is 22.5. The van der Waals surface area contributed by atoms with E-state index in [0.717, 1.165) is 16.0 Å². The van der Waals surface area contributed by atoms with E-state index in [-0.39, 0.29) is 34.5 Å². The van der Waals surface area contributed by atoms with E-state index in [2.05, 4.69) is 80.4 Å². The first-order valence-corrected chi connectivity index (χ1v) is 22.5. The maximum Gasteiger partial charge on any atom is 0.397 e. The van der Waals surface area contributed by atoms with Gasteiger partial charge in [0.2, 0.25) is 5.91 Å². The van der Waals surface area contributed by atoms with Crippen LogP contribution in [0.1, 0.15) is 76.4 Å². The maximum atomic E-state index is 13.9. The lowest BCUT2D eigenvalue weighted by Crippen LogP contribution is -2.68. The number of benzene rings is 2. The zero-order valence-corrected chi connectivity index (χ0v) is 32.9. The number of nitriles is 1. The van der Waals surface area contributed by atoms with Gasteiger partial charge in [-0.25, -0.2) is 4.79 Å². The molecule has 11 heteroatoms. The standard InChI is InChI=1S/C38H52N2O7Si2/c1-13-18-45-36(44)35(43)40-31(33(34(40)42)25(2)47-49(11,12)38(6,7)8)22-32(41)30-20-27(23-39)19-29(21-30)28-16-14-26(15-17-28)24-46-48(9,10)37(3,4)5/h13-17,19-21,25,31,33H,1,18,22,24H2,2-12H3/t25-,31-,33-/m1/s1. The average molecular weight is 705 g/mol. The van der Waals surface area contributed by atoms with E-state index in [4.69, 9.17) is 13.6 Å². The van der Waals surface area contributed by atoms with Gasteiger partial charge in [-0.05, 0) is 78.1 Å². The van der Waals surface area contributed by atoms with Crippen LogP contribution < -0.4 is 0 Å². The molecule has 3 rings (SSSR count). The minimum Gasteiger partial charge on any atom is -0.454 e. The van der Waals surface area contributed by atoms with Gasteiger partial charge in [-0.1, -0.05) is 78.5 Å². The summed E-state index contributed by atoms with van der Waals surface area (Å²) in [6, 6.07) is 14.0. The Morgan fingerprint density at radius 3 is 2.08 bits per heavy atom. The largest absolute Gasteiger partial charge is 0.454 e. The molecule has 2 amide bonds. The van der Waals surface area contributed by atoms with Crippen molar-refractivity contribution in [1.29, 1.82) is 5.26 Å². The molecule has 0 radical (unpaired) electrons. The molecule has 3 atom stereocenters. The van der Waals surface area contributed by atoms with E-state index in [1.54, 1.807) is 19.1 Å². The Kier molecular flexibility index (Phi) is 12.2. The molecule has 0 aromatic heterocycles. The number of rotatable bonds is 12. The molecule has 2 aromatic carbocycles. The predicted molar refractivity (Wildman–Crippen MR) is 196 cm³/mol. The van der Waals surface area contributed by atoms with E-state index in [1.165, 1.54) is 12.1 Å². The van der Waals surface area contributed by atoms with Crippen molar-refractivity contribution in [3.8, 4) is 17.2 Å². The molecule has 1 aliphatic rings. The lowest BCUT2D eigenvalue weighted by atomic mass is 9.79. The summed E-state index contributed by atoms with van der Waals surface area (Å²) >= 11 is 0. The molecule has 264 valence electrons. The molecular weight excluding hydrogens is 653 g/mol. The number of esters is 1. The summed E-state index contributed by atoms with van der Waals surface area (Å²) in [5, 5.41) is 9.79. The third-order valence-corrected chi connectivity index (χ3v) is 19.3. The number of hydrogen-bond donors (Lipinski definition) is 0. The highest BCUT2D eigenvalue weighted by molar-refractivity contribution is 6.74. The summed E-state index contributed by atoms with van der Waals surface area (Å²) in [6.45, 7) is 26.9. The minimum absolute atomic E-state index is 0.0926. The van der Waals surface area contributed by atoms with Crippen molar-refractivity contribution in [2.24, 2.45) is 5.92 Å². The minimum atomic E-state index is -2.33. The van der Waals surface area contributed by atoms with Gasteiger partial charge in [-0.3, -0.25) is 19.3 Å². The number of amides is 2. The number of likely N-dealkylation sites (tertiary alicyclic amines) is 1. The summed E-state index contributed by atoms with van der Waals surface area (Å²) in [5.41, 5.74) is 3.07. The number of hydrogen-bond acceptors (Lipinski definition) is 8. The van der Waals surface area contributed by atoms with Gasteiger partial charge in [0, 0.05) is 12.0 Å². The van der Waals surface area contributed by atoms with Crippen molar-refractivity contribution >= 4 is 40.2 Å². The van der Waals surface area contributed by atoms with Crippen LogP contribution in [0, 0.1) is 17.2 Å². The van der Waals surface area contributed by atoms with Crippen LogP contribution in [0.25, 0.3) is 11.1 Å². The molecule has 1 aliphatic heterocycles. The summed E-state index contributed by atoms with van der Waals surface area (Å²) in [7, 11) is -4.26. The van der Waals surface area contributed by atoms with Crippen LogP contribution in [-0.2, 0) is 34.6 Å².